The first-order chi connectivity index (χ1) is 24.1. The summed E-state index contributed by atoms with van der Waals surface area (Å²) in [6, 6.07) is 22.0. The third-order valence-electron chi connectivity index (χ3n) is 14.2. The van der Waals surface area contributed by atoms with E-state index in [-0.39, 0.29) is 51.5 Å². The van der Waals surface area contributed by atoms with Gasteiger partial charge in [-0.15, -0.1) is 0 Å². The molecule has 4 aliphatic carbocycles. The molecule has 0 spiro atoms. The summed E-state index contributed by atoms with van der Waals surface area (Å²) in [7, 11) is -2.65. The van der Waals surface area contributed by atoms with Gasteiger partial charge in [-0.1, -0.05) is 121 Å². The molecule has 276 valence electrons. The van der Waals surface area contributed by atoms with Crippen molar-refractivity contribution >= 4 is 36.2 Å². The van der Waals surface area contributed by atoms with Gasteiger partial charge in [-0.2, -0.15) is 0 Å². The highest BCUT2D eigenvalue weighted by molar-refractivity contribution is 6.99. The SMILES string of the molecule is CC(=O)OC[C@H](C)CCC(=O)[C@@H](C)[C@H]1C(=O)CC2C3CC=C4C[C@@H](O[Si](c5ccccc5)(c5ccccc5)C(C)(C)C)CC[C@]4(C)C3CC[C@@]21C. The second-order valence-electron chi connectivity index (χ2n) is 18.3. The number of rotatable bonds is 11. The van der Waals surface area contributed by atoms with Crippen molar-refractivity contribution in [2.45, 2.75) is 124 Å². The number of allylic oxidation sites excluding steroid dienone is 1. The average Bonchev–Trinajstić information content (AvgIpc) is 3.38. The number of benzene rings is 2. The average molecular weight is 711 g/mol. The Kier molecular flexibility index (Phi) is 10.8. The van der Waals surface area contributed by atoms with Crippen molar-refractivity contribution in [3.05, 3.63) is 72.3 Å². The van der Waals surface area contributed by atoms with E-state index in [1.165, 1.54) is 17.3 Å². The van der Waals surface area contributed by atoms with E-state index in [0.717, 1.165) is 38.5 Å². The number of Topliss-reactive ketones (excluding diaryl/α,β-unsaturated/α-hetero) is 2. The molecule has 0 saturated heterocycles. The minimum absolute atomic E-state index is 0.0530. The molecule has 0 aliphatic heterocycles. The number of hydrogen-bond donors (Lipinski definition) is 0. The first-order valence-corrected chi connectivity index (χ1v) is 21.7. The van der Waals surface area contributed by atoms with Crippen molar-refractivity contribution in [3.8, 4) is 0 Å². The Bertz CT molecular complexity index is 1570. The highest BCUT2D eigenvalue weighted by Crippen LogP contribution is 2.66. The summed E-state index contributed by atoms with van der Waals surface area (Å²) in [5.41, 5.74) is 1.56. The zero-order valence-corrected chi connectivity index (χ0v) is 33.5. The minimum atomic E-state index is -2.65. The molecule has 2 aromatic rings. The van der Waals surface area contributed by atoms with Crippen LogP contribution in [-0.4, -0.2) is 38.6 Å². The van der Waals surface area contributed by atoms with Crippen LogP contribution in [0.4, 0.5) is 0 Å². The Balaban J connectivity index is 1.20. The Labute approximate surface area is 308 Å². The van der Waals surface area contributed by atoms with E-state index in [4.69, 9.17) is 9.16 Å². The molecule has 0 aromatic heterocycles. The van der Waals surface area contributed by atoms with Crippen LogP contribution in [0.2, 0.25) is 5.04 Å². The van der Waals surface area contributed by atoms with Gasteiger partial charge in [0, 0.05) is 37.7 Å². The van der Waals surface area contributed by atoms with Gasteiger partial charge in [0.05, 0.1) is 6.61 Å². The maximum atomic E-state index is 13.9. The Hall–Kier alpha value is -2.83. The van der Waals surface area contributed by atoms with Gasteiger partial charge >= 0.3 is 5.97 Å². The van der Waals surface area contributed by atoms with E-state index in [9.17, 15) is 14.4 Å². The van der Waals surface area contributed by atoms with Gasteiger partial charge in [-0.25, -0.2) is 0 Å². The number of esters is 1. The zero-order chi connectivity index (χ0) is 36.8. The summed E-state index contributed by atoms with van der Waals surface area (Å²) in [4.78, 5) is 38.7. The van der Waals surface area contributed by atoms with E-state index in [2.05, 4.69) is 101 Å². The molecule has 3 fully saturated rings. The molecule has 3 saturated carbocycles. The van der Waals surface area contributed by atoms with Gasteiger partial charge < -0.3 is 9.16 Å². The fourth-order valence-electron chi connectivity index (χ4n) is 11.5. The monoisotopic (exact) mass is 710 g/mol. The fraction of sp³-hybridized carbons (Fsp3) is 0.622. The first kappa shape index (κ1) is 37.9. The summed E-state index contributed by atoms with van der Waals surface area (Å²) < 4.78 is 12.8. The lowest BCUT2D eigenvalue weighted by Crippen LogP contribution is -2.68. The van der Waals surface area contributed by atoms with Crippen molar-refractivity contribution < 1.29 is 23.5 Å². The summed E-state index contributed by atoms with van der Waals surface area (Å²) in [5, 5.41) is 2.62. The number of carbonyl (C=O) groups is 3. The molecular formula is C45H62O5Si. The van der Waals surface area contributed by atoms with Crippen LogP contribution in [0.5, 0.6) is 0 Å². The predicted octanol–water partition coefficient (Wildman–Crippen LogP) is 8.87. The first-order valence-electron chi connectivity index (χ1n) is 19.8. The van der Waals surface area contributed by atoms with E-state index in [0.29, 0.717) is 49.4 Å². The molecule has 6 heteroatoms. The molecule has 3 unspecified atom stereocenters. The second-order valence-corrected chi connectivity index (χ2v) is 22.6. The quantitative estimate of drug-likeness (QED) is 0.132. The molecule has 0 bridgehead atoms. The van der Waals surface area contributed by atoms with Gasteiger partial charge in [-0.05, 0) is 94.9 Å². The van der Waals surface area contributed by atoms with Crippen molar-refractivity contribution in [1.29, 1.82) is 0 Å². The van der Waals surface area contributed by atoms with Gasteiger partial charge in [0.2, 0.25) is 0 Å². The van der Waals surface area contributed by atoms with Gasteiger partial charge in [-0.3, -0.25) is 14.4 Å². The Morgan fingerprint density at radius 3 is 2.12 bits per heavy atom. The zero-order valence-electron chi connectivity index (χ0n) is 32.5. The van der Waals surface area contributed by atoms with Crippen molar-refractivity contribution in [2.24, 2.45) is 46.3 Å². The molecule has 0 amide bonds. The van der Waals surface area contributed by atoms with Crippen LogP contribution in [-0.2, 0) is 23.5 Å². The predicted molar refractivity (Wildman–Crippen MR) is 207 cm³/mol. The summed E-state index contributed by atoms with van der Waals surface area (Å²) in [6.45, 7) is 17.7. The van der Waals surface area contributed by atoms with E-state index < -0.39 is 8.32 Å². The summed E-state index contributed by atoms with van der Waals surface area (Å²) in [6.07, 6.45) is 10.8. The van der Waals surface area contributed by atoms with Crippen LogP contribution in [0.3, 0.4) is 0 Å². The lowest BCUT2D eigenvalue weighted by atomic mass is 9.47. The summed E-state index contributed by atoms with van der Waals surface area (Å²) in [5.74, 6) is 1.21. The fourth-order valence-corrected chi connectivity index (χ4v) is 16.2. The van der Waals surface area contributed by atoms with Gasteiger partial charge in [0.25, 0.3) is 8.32 Å². The van der Waals surface area contributed by atoms with Crippen molar-refractivity contribution in [2.75, 3.05) is 6.61 Å². The molecule has 9 atom stereocenters. The van der Waals surface area contributed by atoms with Crippen LogP contribution >= 0.6 is 0 Å². The molecule has 4 aliphatic rings. The third kappa shape index (κ3) is 6.89. The van der Waals surface area contributed by atoms with Crippen molar-refractivity contribution in [3.63, 3.8) is 0 Å². The van der Waals surface area contributed by atoms with Crippen LogP contribution < -0.4 is 10.4 Å². The molecule has 0 heterocycles. The lowest BCUT2D eigenvalue weighted by molar-refractivity contribution is -0.142. The maximum Gasteiger partial charge on any atom is 0.302 e. The lowest BCUT2D eigenvalue weighted by Gasteiger charge is -2.58. The molecule has 5 nitrogen and oxygen atoms in total. The number of ketones is 2. The molecule has 0 radical (unpaired) electrons. The minimum Gasteiger partial charge on any atom is -0.466 e. The number of ether oxygens (including phenoxy) is 1. The normalized spacial score (nSPS) is 31.8. The van der Waals surface area contributed by atoms with Crippen LogP contribution in [0, 0.1) is 46.3 Å². The summed E-state index contributed by atoms with van der Waals surface area (Å²) >= 11 is 0. The standard InChI is InChI=1S/C45H62O5Si/c1-30(29-49-32(3)46)19-22-40(47)31(2)42-41(48)28-39-37-21-20-33-27-34(23-25-44(33,7)38(37)24-26-45(39,42)8)50-51(43(4,5)6,35-15-11-9-12-16-35)36-17-13-10-14-18-36/h9-18,20,30-31,34,37-39,42H,19,21-29H2,1-8H3/t30-,31-,34+,37?,38?,39?,42+,44+,45+/m1/s1. The second kappa shape index (κ2) is 14.5. The topological polar surface area (TPSA) is 69.7 Å². The van der Waals surface area contributed by atoms with Crippen LogP contribution in [0.1, 0.15) is 113 Å². The Morgan fingerprint density at radius 2 is 1.53 bits per heavy atom. The van der Waals surface area contributed by atoms with Crippen LogP contribution in [0.15, 0.2) is 72.3 Å². The van der Waals surface area contributed by atoms with Gasteiger partial charge in [0.1, 0.15) is 11.6 Å². The molecule has 2 aromatic carbocycles. The van der Waals surface area contributed by atoms with E-state index in [1.807, 2.05) is 13.8 Å². The van der Waals surface area contributed by atoms with E-state index >= 15 is 0 Å². The van der Waals surface area contributed by atoms with Crippen LogP contribution in [0.25, 0.3) is 0 Å². The third-order valence-corrected chi connectivity index (χ3v) is 19.3. The van der Waals surface area contributed by atoms with E-state index in [1.54, 1.807) is 5.57 Å². The molecule has 0 N–H and O–H groups in total. The van der Waals surface area contributed by atoms with Crippen molar-refractivity contribution in [1.82, 2.24) is 0 Å². The molecular weight excluding hydrogens is 649 g/mol. The maximum absolute atomic E-state index is 13.9. The number of carbonyl (C=O) groups excluding carboxylic acids is 3. The highest BCUT2D eigenvalue weighted by Gasteiger charge is 2.63. The molecule has 6 rings (SSSR count). The largest absolute Gasteiger partial charge is 0.466 e. The van der Waals surface area contributed by atoms with Gasteiger partial charge in [0.15, 0.2) is 0 Å². The molecule has 51 heavy (non-hydrogen) atoms. The number of fused-ring (bicyclic) bond motifs is 5. The highest BCUT2D eigenvalue weighted by atomic mass is 28.4. The Morgan fingerprint density at radius 1 is 0.902 bits per heavy atom. The number of hydrogen-bond acceptors (Lipinski definition) is 5. The smallest absolute Gasteiger partial charge is 0.302 e.